The van der Waals surface area contributed by atoms with E-state index >= 15 is 0 Å². The second kappa shape index (κ2) is 4.78. The number of nitrogens with one attached hydrogen (secondary N) is 1. The van der Waals surface area contributed by atoms with Crippen molar-refractivity contribution >= 4 is 0 Å². The Kier molecular flexibility index (Phi) is 3.40. The Hall–Kier alpha value is -0.570. The molecule has 1 unspecified atom stereocenters. The monoisotopic (exact) mass is 199 g/mol. The summed E-state index contributed by atoms with van der Waals surface area (Å²) in [6, 6.07) is 0. The second-order valence-corrected chi connectivity index (χ2v) is 4.09. The van der Waals surface area contributed by atoms with Gasteiger partial charge < -0.3 is 10.1 Å². The largest absolute Gasteiger partial charge is 0.495 e. The van der Waals surface area contributed by atoms with E-state index < -0.39 is 6.17 Å². The molecule has 2 heterocycles. The predicted molar refractivity (Wildman–Crippen MR) is 53.8 cm³/mol. The maximum absolute atomic E-state index is 14.0. The van der Waals surface area contributed by atoms with Crippen LogP contribution in [0.2, 0.25) is 0 Å². The lowest BCUT2D eigenvalue weighted by Crippen LogP contribution is -2.33. The molecule has 3 heteroatoms. The van der Waals surface area contributed by atoms with E-state index in [0.29, 0.717) is 12.4 Å². The van der Waals surface area contributed by atoms with Crippen molar-refractivity contribution in [2.75, 3.05) is 19.7 Å². The first-order chi connectivity index (χ1) is 6.88. The van der Waals surface area contributed by atoms with Gasteiger partial charge in [-0.3, -0.25) is 0 Å². The fourth-order valence-corrected chi connectivity index (χ4v) is 2.14. The molecular formula is C11H18FNO. The Labute approximate surface area is 84.5 Å². The highest BCUT2D eigenvalue weighted by Crippen LogP contribution is 2.27. The molecule has 2 aliphatic heterocycles. The van der Waals surface area contributed by atoms with Gasteiger partial charge in [-0.05, 0) is 50.8 Å². The van der Waals surface area contributed by atoms with Crippen LogP contribution in [0.4, 0.5) is 4.39 Å². The van der Waals surface area contributed by atoms with Crippen molar-refractivity contribution in [2.45, 2.75) is 31.9 Å². The molecule has 2 aliphatic rings. The van der Waals surface area contributed by atoms with Crippen LogP contribution in [-0.2, 0) is 4.74 Å². The standard InChI is InChI=1S/C11H18FNO/c12-11(9-4-6-13-7-5-9)10-3-1-2-8-14-10/h3,9,11,13H,1-2,4-8H2. The molecule has 0 radical (unpaired) electrons. The third kappa shape index (κ3) is 2.27. The fraction of sp³-hybridized carbons (Fsp3) is 0.818. The van der Waals surface area contributed by atoms with Crippen LogP contribution >= 0.6 is 0 Å². The molecule has 1 saturated heterocycles. The molecule has 1 atom stereocenters. The van der Waals surface area contributed by atoms with Crippen molar-refractivity contribution < 1.29 is 9.13 Å². The lowest BCUT2D eigenvalue weighted by Gasteiger charge is -2.28. The minimum atomic E-state index is -0.864. The molecule has 80 valence electrons. The molecular weight excluding hydrogens is 181 g/mol. The summed E-state index contributed by atoms with van der Waals surface area (Å²) in [4.78, 5) is 0. The second-order valence-electron chi connectivity index (χ2n) is 4.09. The summed E-state index contributed by atoms with van der Waals surface area (Å²) < 4.78 is 19.3. The van der Waals surface area contributed by atoms with Crippen LogP contribution in [0.1, 0.15) is 25.7 Å². The van der Waals surface area contributed by atoms with E-state index in [-0.39, 0.29) is 5.92 Å². The zero-order chi connectivity index (χ0) is 9.80. The van der Waals surface area contributed by atoms with E-state index in [1.54, 1.807) is 0 Å². The topological polar surface area (TPSA) is 21.3 Å². The van der Waals surface area contributed by atoms with Gasteiger partial charge >= 0.3 is 0 Å². The molecule has 1 fully saturated rings. The van der Waals surface area contributed by atoms with Crippen molar-refractivity contribution in [1.29, 1.82) is 0 Å². The van der Waals surface area contributed by atoms with Crippen LogP contribution in [-0.4, -0.2) is 25.9 Å². The number of hydrogen-bond donors (Lipinski definition) is 1. The number of halogens is 1. The molecule has 2 nitrogen and oxygen atoms in total. The molecule has 0 saturated carbocycles. The first-order valence-electron chi connectivity index (χ1n) is 5.55. The predicted octanol–water partition coefficient (Wildman–Crippen LogP) is 2.02. The van der Waals surface area contributed by atoms with Crippen molar-refractivity contribution in [3.8, 4) is 0 Å². The van der Waals surface area contributed by atoms with Crippen LogP contribution in [0.25, 0.3) is 0 Å². The Morgan fingerprint density at radius 1 is 1.43 bits per heavy atom. The number of rotatable bonds is 2. The average Bonchev–Trinajstić information content (AvgIpc) is 2.30. The van der Waals surface area contributed by atoms with Crippen molar-refractivity contribution in [3.05, 3.63) is 11.8 Å². The highest BCUT2D eigenvalue weighted by molar-refractivity contribution is 5.05. The summed E-state index contributed by atoms with van der Waals surface area (Å²) >= 11 is 0. The SMILES string of the molecule is FC(C1=CCCCO1)C1CCNCC1. The van der Waals surface area contributed by atoms with Gasteiger partial charge in [0.25, 0.3) is 0 Å². The third-order valence-corrected chi connectivity index (χ3v) is 3.03. The van der Waals surface area contributed by atoms with Gasteiger partial charge in [-0.25, -0.2) is 4.39 Å². The molecule has 0 aromatic heterocycles. The number of alkyl halides is 1. The van der Waals surface area contributed by atoms with Crippen molar-refractivity contribution in [1.82, 2.24) is 5.32 Å². The van der Waals surface area contributed by atoms with E-state index in [1.165, 1.54) is 0 Å². The van der Waals surface area contributed by atoms with Crippen molar-refractivity contribution in [2.24, 2.45) is 5.92 Å². The Bertz CT molecular complexity index is 211. The van der Waals surface area contributed by atoms with Gasteiger partial charge in [0.15, 0.2) is 6.17 Å². The van der Waals surface area contributed by atoms with Crippen molar-refractivity contribution in [3.63, 3.8) is 0 Å². The molecule has 2 rings (SSSR count). The van der Waals surface area contributed by atoms with E-state index in [0.717, 1.165) is 38.8 Å². The Balaban J connectivity index is 1.91. The zero-order valence-electron chi connectivity index (χ0n) is 8.47. The summed E-state index contributed by atoms with van der Waals surface area (Å²) in [6.07, 6.45) is 4.93. The zero-order valence-corrected chi connectivity index (χ0v) is 8.47. The summed E-state index contributed by atoms with van der Waals surface area (Å²) in [5.41, 5.74) is 0. The van der Waals surface area contributed by atoms with Gasteiger partial charge in [0.2, 0.25) is 0 Å². The lowest BCUT2D eigenvalue weighted by molar-refractivity contribution is 0.101. The van der Waals surface area contributed by atoms with Crippen LogP contribution < -0.4 is 5.32 Å². The van der Waals surface area contributed by atoms with Gasteiger partial charge in [-0.1, -0.05) is 0 Å². The minimum Gasteiger partial charge on any atom is -0.495 e. The fourth-order valence-electron chi connectivity index (χ4n) is 2.14. The van der Waals surface area contributed by atoms with E-state index in [2.05, 4.69) is 5.32 Å². The van der Waals surface area contributed by atoms with E-state index in [9.17, 15) is 4.39 Å². The maximum Gasteiger partial charge on any atom is 0.159 e. The highest BCUT2D eigenvalue weighted by atomic mass is 19.1. The van der Waals surface area contributed by atoms with Gasteiger partial charge in [0.05, 0.1) is 6.61 Å². The summed E-state index contributed by atoms with van der Waals surface area (Å²) in [5.74, 6) is 0.767. The first kappa shape index (κ1) is 9.97. The summed E-state index contributed by atoms with van der Waals surface area (Å²) in [6.45, 7) is 2.58. The third-order valence-electron chi connectivity index (χ3n) is 3.03. The number of allylic oxidation sites excluding steroid dienone is 2. The number of ether oxygens (including phenoxy) is 1. The van der Waals surface area contributed by atoms with Crippen LogP contribution in [0.3, 0.4) is 0 Å². The Morgan fingerprint density at radius 2 is 2.21 bits per heavy atom. The average molecular weight is 199 g/mol. The quantitative estimate of drug-likeness (QED) is 0.734. The molecule has 0 spiro atoms. The van der Waals surface area contributed by atoms with Gasteiger partial charge in [-0.15, -0.1) is 0 Å². The highest BCUT2D eigenvalue weighted by Gasteiger charge is 2.28. The Morgan fingerprint density at radius 3 is 2.86 bits per heavy atom. The van der Waals surface area contributed by atoms with E-state index in [1.807, 2.05) is 6.08 Å². The normalized spacial score (nSPS) is 26.5. The van der Waals surface area contributed by atoms with E-state index in [4.69, 9.17) is 4.74 Å². The summed E-state index contributed by atoms with van der Waals surface area (Å²) in [7, 11) is 0. The lowest BCUT2D eigenvalue weighted by atomic mass is 9.91. The molecule has 1 N–H and O–H groups in total. The number of hydrogen-bond acceptors (Lipinski definition) is 2. The smallest absolute Gasteiger partial charge is 0.159 e. The molecule has 14 heavy (non-hydrogen) atoms. The minimum absolute atomic E-state index is 0.167. The van der Waals surface area contributed by atoms with Crippen LogP contribution in [0, 0.1) is 5.92 Å². The molecule has 0 amide bonds. The van der Waals surface area contributed by atoms with Gasteiger partial charge in [0.1, 0.15) is 5.76 Å². The van der Waals surface area contributed by atoms with Crippen LogP contribution in [0.15, 0.2) is 11.8 Å². The molecule has 0 aliphatic carbocycles. The van der Waals surface area contributed by atoms with Gasteiger partial charge in [0, 0.05) is 0 Å². The molecule has 0 aromatic rings. The maximum atomic E-state index is 14.0. The summed E-state index contributed by atoms with van der Waals surface area (Å²) in [5, 5.41) is 3.25. The molecule has 0 bridgehead atoms. The molecule has 0 aromatic carbocycles. The first-order valence-corrected chi connectivity index (χ1v) is 5.55. The van der Waals surface area contributed by atoms with Crippen LogP contribution in [0.5, 0.6) is 0 Å². The van der Waals surface area contributed by atoms with Gasteiger partial charge in [-0.2, -0.15) is 0 Å². The number of piperidine rings is 1.